The highest BCUT2D eigenvalue weighted by Gasteiger charge is 2.29. The molecule has 23 heavy (non-hydrogen) atoms. The lowest BCUT2D eigenvalue weighted by molar-refractivity contribution is -0.140. The molecule has 2 aromatic rings. The molecule has 122 valence electrons. The van der Waals surface area contributed by atoms with Crippen molar-refractivity contribution in [1.82, 2.24) is 4.57 Å². The number of rotatable bonds is 5. The largest absolute Gasteiger partial charge is 0.469 e. The molecule has 1 amide bonds. The zero-order valence-corrected chi connectivity index (χ0v) is 14.2. The summed E-state index contributed by atoms with van der Waals surface area (Å²) in [7, 11) is 1.38. The standard InChI is InChI=1S/C17H20N2O3S/c1-3-11-4-7-13-14(10-11)23-17(18-16(21)12-5-6-12)19(13)9-8-15(20)22-2/h4,7,10,12H,3,5-6,8-9H2,1-2H3. The van der Waals surface area contributed by atoms with Gasteiger partial charge >= 0.3 is 5.97 Å². The van der Waals surface area contributed by atoms with Crippen LogP contribution in [-0.4, -0.2) is 23.6 Å². The minimum Gasteiger partial charge on any atom is -0.469 e. The molecule has 0 bridgehead atoms. The predicted molar refractivity (Wildman–Crippen MR) is 89.1 cm³/mol. The molecule has 3 rings (SSSR count). The van der Waals surface area contributed by atoms with E-state index in [0.29, 0.717) is 11.3 Å². The van der Waals surface area contributed by atoms with Gasteiger partial charge in [0, 0.05) is 12.5 Å². The van der Waals surface area contributed by atoms with E-state index >= 15 is 0 Å². The zero-order chi connectivity index (χ0) is 16.4. The minimum atomic E-state index is -0.263. The topological polar surface area (TPSA) is 60.7 Å². The van der Waals surface area contributed by atoms with Gasteiger partial charge in [-0.1, -0.05) is 24.3 Å². The van der Waals surface area contributed by atoms with Gasteiger partial charge in [-0.05, 0) is 37.0 Å². The maximum absolute atomic E-state index is 12.1. The monoisotopic (exact) mass is 332 g/mol. The number of esters is 1. The second-order valence-corrected chi connectivity index (χ2v) is 6.75. The number of hydrogen-bond donors (Lipinski definition) is 0. The molecule has 0 unspecified atom stereocenters. The quantitative estimate of drug-likeness (QED) is 0.791. The van der Waals surface area contributed by atoms with Crippen LogP contribution in [0, 0.1) is 5.92 Å². The van der Waals surface area contributed by atoms with Gasteiger partial charge in [0.15, 0.2) is 4.80 Å². The fourth-order valence-electron chi connectivity index (χ4n) is 2.46. The lowest BCUT2D eigenvalue weighted by atomic mass is 10.2. The molecule has 1 aliphatic rings. The van der Waals surface area contributed by atoms with Crippen LogP contribution < -0.4 is 4.80 Å². The first-order chi connectivity index (χ1) is 11.1. The number of carbonyl (C=O) groups is 2. The van der Waals surface area contributed by atoms with Gasteiger partial charge in [-0.2, -0.15) is 4.99 Å². The van der Waals surface area contributed by atoms with Gasteiger partial charge in [0.05, 0.1) is 23.7 Å². The third-order valence-corrected chi connectivity index (χ3v) is 5.10. The summed E-state index contributed by atoms with van der Waals surface area (Å²) in [5, 5.41) is 0. The van der Waals surface area contributed by atoms with Gasteiger partial charge in [0.25, 0.3) is 5.91 Å². The summed E-state index contributed by atoms with van der Waals surface area (Å²) >= 11 is 1.51. The van der Waals surface area contributed by atoms with Crippen LogP contribution in [-0.2, 0) is 27.3 Å². The Balaban J connectivity index is 2.04. The fourth-order valence-corrected chi connectivity index (χ4v) is 3.59. The van der Waals surface area contributed by atoms with Crippen LogP contribution in [0.1, 0.15) is 31.7 Å². The number of amides is 1. The van der Waals surface area contributed by atoms with Crippen molar-refractivity contribution in [2.24, 2.45) is 10.9 Å². The van der Waals surface area contributed by atoms with E-state index in [2.05, 4.69) is 24.0 Å². The van der Waals surface area contributed by atoms with E-state index in [1.165, 1.54) is 24.0 Å². The smallest absolute Gasteiger partial charge is 0.307 e. The van der Waals surface area contributed by atoms with Gasteiger partial charge in [-0.3, -0.25) is 9.59 Å². The van der Waals surface area contributed by atoms with Crippen molar-refractivity contribution >= 4 is 33.4 Å². The molecule has 1 aromatic carbocycles. The molecule has 1 aromatic heterocycles. The Morgan fingerprint density at radius 2 is 2.17 bits per heavy atom. The highest BCUT2D eigenvalue weighted by molar-refractivity contribution is 7.16. The van der Waals surface area contributed by atoms with Gasteiger partial charge < -0.3 is 9.30 Å². The van der Waals surface area contributed by atoms with E-state index in [0.717, 1.165) is 29.5 Å². The van der Waals surface area contributed by atoms with Gasteiger partial charge in [-0.15, -0.1) is 0 Å². The number of aromatic nitrogens is 1. The second kappa shape index (κ2) is 6.66. The van der Waals surface area contributed by atoms with Crippen LogP contribution in [0.4, 0.5) is 0 Å². The molecule has 1 fully saturated rings. The Bertz CT molecular complexity index is 815. The van der Waals surface area contributed by atoms with Gasteiger partial charge in [0.1, 0.15) is 0 Å². The van der Waals surface area contributed by atoms with Crippen molar-refractivity contribution in [2.45, 2.75) is 39.2 Å². The first kappa shape index (κ1) is 15.9. The number of carbonyl (C=O) groups excluding carboxylic acids is 2. The molecule has 0 radical (unpaired) electrons. The molecule has 5 nitrogen and oxygen atoms in total. The van der Waals surface area contributed by atoms with Crippen molar-refractivity contribution in [3.63, 3.8) is 0 Å². The van der Waals surface area contributed by atoms with Gasteiger partial charge in [0.2, 0.25) is 0 Å². The lowest BCUT2D eigenvalue weighted by Crippen LogP contribution is -2.19. The van der Waals surface area contributed by atoms with Crippen LogP contribution in [0.5, 0.6) is 0 Å². The van der Waals surface area contributed by atoms with Crippen LogP contribution >= 0.6 is 11.3 Å². The van der Waals surface area contributed by atoms with Crippen molar-refractivity contribution in [3.8, 4) is 0 Å². The van der Waals surface area contributed by atoms with E-state index < -0.39 is 0 Å². The molecule has 6 heteroatoms. The Labute approximate surface area is 138 Å². The third-order valence-electron chi connectivity index (χ3n) is 4.06. The van der Waals surface area contributed by atoms with Crippen molar-refractivity contribution < 1.29 is 14.3 Å². The molecule has 0 N–H and O–H groups in total. The molecule has 1 aliphatic carbocycles. The van der Waals surface area contributed by atoms with Crippen LogP contribution in [0.2, 0.25) is 0 Å². The summed E-state index contributed by atoms with van der Waals surface area (Å²) in [4.78, 5) is 28.5. The SMILES string of the molecule is CCc1ccc2c(c1)sc(=NC(=O)C1CC1)n2CCC(=O)OC. The summed E-state index contributed by atoms with van der Waals surface area (Å²) < 4.78 is 7.77. The van der Waals surface area contributed by atoms with Crippen LogP contribution in [0.25, 0.3) is 10.2 Å². The second-order valence-electron chi connectivity index (χ2n) is 5.74. The van der Waals surface area contributed by atoms with Crippen molar-refractivity contribution in [3.05, 3.63) is 28.6 Å². The number of methoxy groups -OCH3 is 1. The Morgan fingerprint density at radius 3 is 2.83 bits per heavy atom. The molecule has 0 saturated heterocycles. The number of nitrogens with zero attached hydrogens (tertiary/aromatic N) is 2. The minimum absolute atomic E-state index is 0.0425. The van der Waals surface area contributed by atoms with Crippen LogP contribution in [0.3, 0.4) is 0 Å². The summed E-state index contributed by atoms with van der Waals surface area (Å²) in [6.45, 7) is 2.58. The van der Waals surface area contributed by atoms with E-state index in [4.69, 9.17) is 4.74 Å². The summed E-state index contributed by atoms with van der Waals surface area (Å²) in [5.74, 6) is -0.207. The number of benzene rings is 1. The number of aryl methyl sites for hydroxylation is 2. The molecular formula is C17H20N2O3S. The maximum atomic E-state index is 12.1. The van der Waals surface area contributed by atoms with E-state index in [-0.39, 0.29) is 24.2 Å². The number of hydrogen-bond acceptors (Lipinski definition) is 4. The molecule has 0 aliphatic heterocycles. The lowest BCUT2D eigenvalue weighted by Gasteiger charge is -2.05. The zero-order valence-electron chi connectivity index (χ0n) is 13.4. The van der Waals surface area contributed by atoms with Gasteiger partial charge in [-0.25, -0.2) is 0 Å². The highest BCUT2D eigenvalue weighted by Crippen LogP contribution is 2.30. The summed E-state index contributed by atoms with van der Waals surface area (Å²) in [6.07, 6.45) is 3.11. The average Bonchev–Trinajstić information content (AvgIpc) is 3.35. The average molecular weight is 332 g/mol. The van der Waals surface area contributed by atoms with E-state index in [9.17, 15) is 9.59 Å². The van der Waals surface area contributed by atoms with Crippen molar-refractivity contribution in [1.29, 1.82) is 0 Å². The first-order valence-corrected chi connectivity index (χ1v) is 8.71. The molecule has 0 spiro atoms. The van der Waals surface area contributed by atoms with E-state index in [1.807, 2.05) is 10.6 Å². The number of ether oxygens (including phenoxy) is 1. The summed E-state index contributed by atoms with van der Waals surface area (Å²) in [5.41, 5.74) is 2.26. The normalized spacial score (nSPS) is 15.1. The highest BCUT2D eigenvalue weighted by atomic mass is 32.1. The molecule has 0 atom stereocenters. The van der Waals surface area contributed by atoms with E-state index in [1.54, 1.807) is 0 Å². The Morgan fingerprint density at radius 1 is 1.39 bits per heavy atom. The van der Waals surface area contributed by atoms with Crippen molar-refractivity contribution in [2.75, 3.05) is 7.11 Å². The summed E-state index contributed by atoms with van der Waals surface area (Å²) in [6, 6.07) is 6.26. The molecule has 1 heterocycles. The first-order valence-electron chi connectivity index (χ1n) is 7.90. The Hall–Kier alpha value is -1.95. The number of fused-ring (bicyclic) bond motifs is 1. The van der Waals surface area contributed by atoms with Crippen LogP contribution in [0.15, 0.2) is 23.2 Å². The number of thiazole rings is 1. The Kier molecular flexibility index (Phi) is 4.61. The molecular weight excluding hydrogens is 312 g/mol. The molecule has 1 saturated carbocycles. The maximum Gasteiger partial charge on any atom is 0.307 e. The third kappa shape index (κ3) is 3.52. The predicted octanol–water partition coefficient (Wildman–Crippen LogP) is 2.67. The fraction of sp³-hybridized carbons (Fsp3) is 0.471.